The van der Waals surface area contributed by atoms with Gasteiger partial charge in [-0.05, 0) is 24.3 Å². The molecule has 2 N–H and O–H groups in total. The molecule has 23 heavy (non-hydrogen) atoms. The summed E-state index contributed by atoms with van der Waals surface area (Å²) in [5, 5.41) is 5.97. The Morgan fingerprint density at radius 2 is 1.91 bits per heavy atom. The second-order valence-electron chi connectivity index (χ2n) is 5.27. The number of methoxy groups -OCH3 is 2. The van der Waals surface area contributed by atoms with E-state index >= 15 is 0 Å². The highest BCUT2D eigenvalue weighted by Crippen LogP contribution is 2.31. The number of pyridine rings is 1. The summed E-state index contributed by atoms with van der Waals surface area (Å²) in [6.45, 7) is 3.67. The zero-order valence-electron chi connectivity index (χ0n) is 13.7. The molecule has 0 saturated carbocycles. The molecule has 0 atom stereocenters. The van der Waals surface area contributed by atoms with Crippen molar-refractivity contribution < 1.29 is 14.3 Å². The zero-order chi connectivity index (χ0) is 16.8. The van der Waals surface area contributed by atoms with Crippen molar-refractivity contribution in [2.75, 3.05) is 24.9 Å². The van der Waals surface area contributed by atoms with Crippen LogP contribution in [-0.4, -0.2) is 25.1 Å². The number of hydrogen-bond acceptors (Lipinski definition) is 5. The second-order valence-corrected chi connectivity index (χ2v) is 5.27. The minimum Gasteiger partial charge on any atom is -0.497 e. The molecule has 6 nitrogen and oxygen atoms in total. The van der Waals surface area contributed by atoms with Crippen molar-refractivity contribution in [3.63, 3.8) is 0 Å². The molecule has 0 aliphatic heterocycles. The monoisotopic (exact) mass is 315 g/mol. The quantitative estimate of drug-likeness (QED) is 0.854. The van der Waals surface area contributed by atoms with E-state index in [9.17, 15) is 4.79 Å². The molecule has 0 unspecified atom stereocenters. The Hall–Kier alpha value is -2.76. The van der Waals surface area contributed by atoms with Gasteiger partial charge >= 0.3 is 0 Å². The van der Waals surface area contributed by atoms with E-state index in [1.807, 2.05) is 38.1 Å². The molecule has 2 rings (SSSR count). The molecule has 2 aromatic rings. The maximum absolute atomic E-state index is 11.6. The van der Waals surface area contributed by atoms with E-state index in [-0.39, 0.29) is 11.8 Å². The van der Waals surface area contributed by atoms with Gasteiger partial charge in [-0.3, -0.25) is 4.79 Å². The molecule has 122 valence electrons. The third-order valence-corrected chi connectivity index (χ3v) is 3.22. The molecule has 1 heterocycles. The molecule has 0 aliphatic carbocycles. The van der Waals surface area contributed by atoms with E-state index < -0.39 is 0 Å². The van der Waals surface area contributed by atoms with Crippen LogP contribution in [0.4, 0.5) is 17.2 Å². The van der Waals surface area contributed by atoms with Gasteiger partial charge in [-0.25, -0.2) is 4.98 Å². The fourth-order valence-electron chi connectivity index (χ4n) is 1.88. The maximum atomic E-state index is 11.6. The summed E-state index contributed by atoms with van der Waals surface area (Å²) in [5.41, 5.74) is 1.55. The number of rotatable bonds is 6. The predicted octanol–water partition coefficient (Wildman–Crippen LogP) is 3.44. The van der Waals surface area contributed by atoms with Crippen LogP contribution in [0.1, 0.15) is 13.8 Å². The van der Waals surface area contributed by atoms with Crippen molar-refractivity contribution in [3.8, 4) is 11.5 Å². The number of anilines is 3. The number of benzene rings is 1. The summed E-state index contributed by atoms with van der Waals surface area (Å²) in [7, 11) is 3.22. The average molecular weight is 315 g/mol. The third-order valence-electron chi connectivity index (χ3n) is 3.22. The van der Waals surface area contributed by atoms with Crippen molar-refractivity contribution in [2.24, 2.45) is 5.92 Å². The molecule has 0 bridgehead atoms. The van der Waals surface area contributed by atoms with Crippen LogP contribution in [0.25, 0.3) is 0 Å². The minimum atomic E-state index is -0.0874. The van der Waals surface area contributed by atoms with E-state index in [1.54, 1.807) is 26.5 Å². The number of amides is 1. The van der Waals surface area contributed by atoms with Gasteiger partial charge in [0.2, 0.25) is 5.91 Å². The first-order valence-corrected chi connectivity index (χ1v) is 7.29. The Kier molecular flexibility index (Phi) is 5.41. The fraction of sp³-hybridized carbons (Fsp3) is 0.294. The van der Waals surface area contributed by atoms with Crippen LogP contribution in [0.5, 0.6) is 11.5 Å². The standard InChI is InChI=1S/C17H21N3O3/c1-11(2)17(21)20-16-8-5-12(10-18-16)19-14-9-13(22-3)6-7-15(14)23-4/h5-11,19H,1-4H3,(H,18,20,21). The summed E-state index contributed by atoms with van der Waals surface area (Å²) in [5.74, 6) is 1.79. The summed E-state index contributed by atoms with van der Waals surface area (Å²) in [4.78, 5) is 15.9. The Morgan fingerprint density at radius 3 is 2.48 bits per heavy atom. The van der Waals surface area contributed by atoms with Crippen LogP contribution < -0.4 is 20.1 Å². The van der Waals surface area contributed by atoms with Gasteiger partial charge in [0.1, 0.15) is 17.3 Å². The topological polar surface area (TPSA) is 72.5 Å². The lowest BCUT2D eigenvalue weighted by Crippen LogP contribution is -2.18. The van der Waals surface area contributed by atoms with Crippen molar-refractivity contribution in [1.29, 1.82) is 0 Å². The van der Waals surface area contributed by atoms with Gasteiger partial charge in [0, 0.05) is 12.0 Å². The summed E-state index contributed by atoms with van der Waals surface area (Å²) < 4.78 is 10.5. The smallest absolute Gasteiger partial charge is 0.228 e. The lowest BCUT2D eigenvalue weighted by atomic mass is 10.2. The lowest BCUT2D eigenvalue weighted by Gasteiger charge is -2.13. The van der Waals surface area contributed by atoms with Gasteiger partial charge in [-0.1, -0.05) is 13.8 Å². The van der Waals surface area contributed by atoms with E-state index in [0.29, 0.717) is 11.6 Å². The number of aromatic nitrogens is 1. The van der Waals surface area contributed by atoms with Gasteiger partial charge in [-0.15, -0.1) is 0 Å². The fourth-order valence-corrected chi connectivity index (χ4v) is 1.88. The van der Waals surface area contributed by atoms with Gasteiger partial charge in [0.25, 0.3) is 0 Å². The number of ether oxygens (including phenoxy) is 2. The molecule has 0 aliphatic rings. The van der Waals surface area contributed by atoms with Crippen LogP contribution in [0.15, 0.2) is 36.5 Å². The van der Waals surface area contributed by atoms with Crippen LogP contribution in [-0.2, 0) is 4.79 Å². The first-order valence-electron chi connectivity index (χ1n) is 7.29. The molecule has 0 saturated heterocycles. The molecule has 6 heteroatoms. The molecule has 0 radical (unpaired) electrons. The Labute approximate surface area is 135 Å². The first-order chi connectivity index (χ1) is 11.0. The predicted molar refractivity (Wildman–Crippen MR) is 90.5 cm³/mol. The molecule has 1 amide bonds. The molecular formula is C17H21N3O3. The van der Waals surface area contributed by atoms with E-state index in [4.69, 9.17) is 9.47 Å². The summed E-state index contributed by atoms with van der Waals surface area (Å²) in [6, 6.07) is 9.07. The zero-order valence-corrected chi connectivity index (χ0v) is 13.7. The number of carbonyl (C=O) groups excluding carboxylic acids is 1. The van der Waals surface area contributed by atoms with Crippen molar-refractivity contribution in [1.82, 2.24) is 4.98 Å². The second kappa shape index (κ2) is 7.49. The molecule has 1 aromatic heterocycles. The molecular weight excluding hydrogens is 294 g/mol. The summed E-state index contributed by atoms with van der Waals surface area (Å²) >= 11 is 0. The lowest BCUT2D eigenvalue weighted by molar-refractivity contribution is -0.118. The van der Waals surface area contributed by atoms with Crippen LogP contribution in [0.2, 0.25) is 0 Å². The van der Waals surface area contributed by atoms with Gasteiger partial charge < -0.3 is 20.1 Å². The van der Waals surface area contributed by atoms with E-state index in [2.05, 4.69) is 15.6 Å². The molecule has 0 spiro atoms. The highest BCUT2D eigenvalue weighted by Gasteiger charge is 2.09. The number of nitrogens with one attached hydrogen (secondary N) is 2. The highest BCUT2D eigenvalue weighted by molar-refractivity contribution is 5.91. The Balaban J connectivity index is 2.13. The van der Waals surface area contributed by atoms with Crippen molar-refractivity contribution in [3.05, 3.63) is 36.5 Å². The Bertz CT molecular complexity index is 669. The van der Waals surface area contributed by atoms with Gasteiger partial charge in [0.15, 0.2) is 0 Å². The van der Waals surface area contributed by atoms with Crippen LogP contribution in [0, 0.1) is 5.92 Å². The normalized spacial score (nSPS) is 10.3. The minimum absolute atomic E-state index is 0.0623. The van der Waals surface area contributed by atoms with Gasteiger partial charge in [0.05, 0.1) is 31.8 Å². The van der Waals surface area contributed by atoms with Crippen LogP contribution >= 0.6 is 0 Å². The molecule has 1 aromatic carbocycles. The Morgan fingerprint density at radius 1 is 1.13 bits per heavy atom. The number of hydrogen-bond donors (Lipinski definition) is 2. The first kappa shape index (κ1) is 16.6. The van der Waals surface area contributed by atoms with E-state index in [0.717, 1.165) is 17.1 Å². The van der Waals surface area contributed by atoms with Gasteiger partial charge in [-0.2, -0.15) is 0 Å². The average Bonchev–Trinajstić information content (AvgIpc) is 2.56. The third kappa shape index (κ3) is 4.35. The van der Waals surface area contributed by atoms with Crippen molar-refractivity contribution in [2.45, 2.75) is 13.8 Å². The number of nitrogens with zero attached hydrogens (tertiary/aromatic N) is 1. The SMILES string of the molecule is COc1ccc(OC)c(Nc2ccc(NC(=O)C(C)C)nc2)c1. The maximum Gasteiger partial charge on any atom is 0.228 e. The van der Waals surface area contributed by atoms with Crippen LogP contribution in [0.3, 0.4) is 0 Å². The highest BCUT2D eigenvalue weighted by atomic mass is 16.5. The largest absolute Gasteiger partial charge is 0.497 e. The van der Waals surface area contributed by atoms with Crippen molar-refractivity contribution >= 4 is 23.1 Å². The summed E-state index contributed by atoms with van der Waals surface area (Å²) in [6.07, 6.45) is 1.65. The van der Waals surface area contributed by atoms with E-state index in [1.165, 1.54) is 0 Å². The number of carbonyl (C=O) groups is 1. The molecule has 0 fully saturated rings.